The topological polar surface area (TPSA) is 43.4 Å². The van der Waals surface area contributed by atoms with E-state index in [-0.39, 0.29) is 29.6 Å². The smallest absolute Gasteiger partial charge is 0.310 e. The highest BCUT2D eigenvalue weighted by atomic mass is 35.5. The maximum Gasteiger partial charge on any atom is 0.310 e. The van der Waals surface area contributed by atoms with Gasteiger partial charge in [0.05, 0.1) is 18.9 Å². The van der Waals surface area contributed by atoms with Crippen LogP contribution in [0.3, 0.4) is 0 Å². The number of fused-ring (bicyclic) bond motifs is 2. The predicted molar refractivity (Wildman–Crippen MR) is 50.6 cm³/mol. The lowest BCUT2D eigenvalue weighted by Crippen LogP contribution is -2.31. The van der Waals surface area contributed by atoms with Crippen molar-refractivity contribution < 1.29 is 14.3 Å². The molecule has 0 amide bonds. The van der Waals surface area contributed by atoms with Crippen molar-refractivity contribution in [3.8, 4) is 0 Å². The zero-order valence-electron chi connectivity index (χ0n) is 7.77. The first kappa shape index (κ1) is 9.71. The number of hydrogen-bond acceptors (Lipinski definition) is 3. The van der Waals surface area contributed by atoms with Crippen molar-refractivity contribution in [2.24, 2.45) is 23.7 Å². The molecular formula is C10H11ClO3. The van der Waals surface area contributed by atoms with Crippen LogP contribution in [-0.4, -0.2) is 18.3 Å². The lowest BCUT2D eigenvalue weighted by Gasteiger charge is -2.22. The Labute approximate surface area is 87.1 Å². The van der Waals surface area contributed by atoms with Crippen LogP contribution >= 0.6 is 11.6 Å². The lowest BCUT2D eigenvalue weighted by molar-refractivity contribution is -0.149. The average molecular weight is 215 g/mol. The zero-order valence-corrected chi connectivity index (χ0v) is 8.53. The summed E-state index contributed by atoms with van der Waals surface area (Å²) in [7, 11) is 1.34. The van der Waals surface area contributed by atoms with E-state index < -0.39 is 5.24 Å². The Bertz CT molecular complexity index is 310. The number of carbonyl (C=O) groups is 2. The molecule has 2 aliphatic rings. The number of ether oxygens (including phenoxy) is 1. The Hall–Kier alpha value is -0.830. The minimum atomic E-state index is -0.419. The van der Waals surface area contributed by atoms with Gasteiger partial charge in [-0.25, -0.2) is 0 Å². The van der Waals surface area contributed by atoms with Crippen LogP contribution in [-0.2, 0) is 14.3 Å². The van der Waals surface area contributed by atoms with E-state index in [9.17, 15) is 9.59 Å². The Morgan fingerprint density at radius 1 is 1.29 bits per heavy atom. The molecule has 2 bridgehead atoms. The average Bonchev–Trinajstić information content (AvgIpc) is 2.74. The minimum Gasteiger partial charge on any atom is -0.469 e. The molecule has 0 aromatic carbocycles. The molecule has 0 radical (unpaired) electrons. The summed E-state index contributed by atoms with van der Waals surface area (Å²) in [5.41, 5.74) is 0. The third kappa shape index (κ3) is 1.27. The van der Waals surface area contributed by atoms with Crippen LogP contribution in [0.2, 0.25) is 0 Å². The monoisotopic (exact) mass is 214 g/mol. The molecule has 3 nitrogen and oxygen atoms in total. The fraction of sp³-hybridized carbons (Fsp3) is 0.600. The number of methoxy groups -OCH3 is 1. The third-order valence-electron chi connectivity index (χ3n) is 3.19. The van der Waals surface area contributed by atoms with Gasteiger partial charge in [-0.05, 0) is 29.9 Å². The number of rotatable bonds is 2. The van der Waals surface area contributed by atoms with E-state index in [1.54, 1.807) is 0 Å². The van der Waals surface area contributed by atoms with Crippen LogP contribution in [0.25, 0.3) is 0 Å². The molecule has 0 aromatic heterocycles. The Morgan fingerprint density at radius 2 is 1.86 bits per heavy atom. The SMILES string of the molecule is COC(=O)[C@H]1[C@@H](C(=O)Cl)[C@H]2C=C[C@@H]1C2. The maximum absolute atomic E-state index is 11.5. The molecule has 0 aliphatic heterocycles. The van der Waals surface area contributed by atoms with Crippen LogP contribution in [0.15, 0.2) is 12.2 Å². The molecule has 0 aromatic rings. The van der Waals surface area contributed by atoms with Gasteiger partial charge >= 0.3 is 5.97 Å². The van der Waals surface area contributed by atoms with Gasteiger partial charge in [0.1, 0.15) is 0 Å². The van der Waals surface area contributed by atoms with E-state index in [4.69, 9.17) is 11.6 Å². The van der Waals surface area contributed by atoms with Crippen LogP contribution < -0.4 is 0 Å². The molecule has 4 atom stereocenters. The summed E-state index contributed by atoms with van der Waals surface area (Å²) in [4.78, 5) is 22.6. The fourth-order valence-corrected chi connectivity index (χ4v) is 2.89. The summed E-state index contributed by atoms with van der Waals surface area (Å²) in [5, 5.41) is -0.419. The van der Waals surface area contributed by atoms with Gasteiger partial charge in [-0.1, -0.05) is 12.2 Å². The summed E-state index contributed by atoms with van der Waals surface area (Å²) < 4.78 is 4.68. The zero-order chi connectivity index (χ0) is 10.3. The van der Waals surface area contributed by atoms with Crippen molar-refractivity contribution >= 4 is 22.8 Å². The normalized spacial score (nSPS) is 38.7. The summed E-state index contributed by atoms with van der Waals surface area (Å²) >= 11 is 5.49. The van der Waals surface area contributed by atoms with Crippen molar-refractivity contribution in [1.82, 2.24) is 0 Å². The Balaban J connectivity index is 2.26. The lowest BCUT2D eigenvalue weighted by atomic mass is 9.84. The summed E-state index contributed by atoms with van der Waals surface area (Å²) in [6.45, 7) is 0. The molecule has 14 heavy (non-hydrogen) atoms. The molecule has 2 rings (SSSR count). The van der Waals surface area contributed by atoms with Gasteiger partial charge < -0.3 is 4.74 Å². The molecule has 1 fully saturated rings. The quantitative estimate of drug-likeness (QED) is 0.396. The van der Waals surface area contributed by atoms with E-state index in [1.165, 1.54) is 7.11 Å². The van der Waals surface area contributed by atoms with Crippen molar-refractivity contribution in [2.45, 2.75) is 6.42 Å². The molecule has 0 heterocycles. The fourth-order valence-electron chi connectivity index (χ4n) is 2.59. The molecule has 1 saturated carbocycles. The molecular weight excluding hydrogens is 204 g/mol. The molecule has 4 heteroatoms. The summed E-state index contributed by atoms with van der Waals surface area (Å²) in [6.07, 6.45) is 4.82. The Kier molecular flexibility index (Phi) is 2.35. The summed E-state index contributed by atoms with van der Waals surface area (Å²) in [5.74, 6) is -0.783. The first-order valence-corrected chi connectivity index (χ1v) is 4.98. The minimum absolute atomic E-state index is 0.133. The van der Waals surface area contributed by atoms with Gasteiger partial charge in [0.25, 0.3) is 0 Å². The van der Waals surface area contributed by atoms with Gasteiger partial charge in [0, 0.05) is 0 Å². The second-order valence-corrected chi connectivity index (χ2v) is 4.20. The highest BCUT2D eigenvalue weighted by Crippen LogP contribution is 2.49. The molecule has 0 unspecified atom stereocenters. The first-order chi connectivity index (χ1) is 6.65. The van der Waals surface area contributed by atoms with E-state index in [0.717, 1.165) is 6.42 Å². The van der Waals surface area contributed by atoms with Crippen LogP contribution in [0.1, 0.15) is 6.42 Å². The first-order valence-electron chi connectivity index (χ1n) is 4.60. The van der Waals surface area contributed by atoms with Gasteiger partial charge in [-0.15, -0.1) is 0 Å². The van der Waals surface area contributed by atoms with Gasteiger partial charge in [-0.3, -0.25) is 9.59 Å². The van der Waals surface area contributed by atoms with Crippen molar-refractivity contribution in [1.29, 1.82) is 0 Å². The molecule has 2 aliphatic carbocycles. The summed E-state index contributed by atoms with van der Waals surface area (Å²) in [6, 6.07) is 0. The van der Waals surface area contributed by atoms with E-state index in [1.807, 2.05) is 12.2 Å². The van der Waals surface area contributed by atoms with Gasteiger partial charge in [0.15, 0.2) is 0 Å². The van der Waals surface area contributed by atoms with Crippen molar-refractivity contribution in [2.75, 3.05) is 7.11 Å². The number of hydrogen-bond donors (Lipinski definition) is 0. The number of allylic oxidation sites excluding steroid dienone is 2. The highest BCUT2D eigenvalue weighted by molar-refractivity contribution is 6.64. The van der Waals surface area contributed by atoms with Crippen LogP contribution in [0, 0.1) is 23.7 Å². The third-order valence-corrected chi connectivity index (χ3v) is 3.45. The maximum atomic E-state index is 11.5. The number of esters is 1. The van der Waals surface area contributed by atoms with E-state index in [0.29, 0.717) is 0 Å². The van der Waals surface area contributed by atoms with Gasteiger partial charge in [-0.2, -0.15) is 0 Å². The van der Waals surface area contributed by atoms with E-state index in [2.05, 4.69) is 4.74 Å². The molecule has 0 spiro atoms. The van der Waals surface area contributed by atoms with Crippen LogP contribution in [0.5, 0.6) is 0 Å². The number of carbonyl (C=O) groups excluding carboxylic acids is 2. The highest BCUT2D eigenvalue weighted by Gasteiger charge is 2.51. The van der Waals surface area contributed by atoms with Gasteiger partial charge in [0.2, 0.25) is 5.24 Å². The second kappa shape index (κ2) is 3.39. The van der Waals surface area contributed by atoms with Crippen molar-refractivity contribution in [3.63, 3.8) is 0 Å². The predicted octanol–water partition coefficient (Wildman–Crippen LogP) is 1.36. The molecule has 0 N–H and O–H groups in total. The van der Waals surface area contributed by atoms with Crippen LogP contribution in [0.4, 0.5) is 0 Å². The Morgan fingerprint density at radius 3 is 2.36 bits per heavy atom. The standard InChI is InChI=1S/C10H11ClO3/c1-14-10(13)8-6-3-2-5(4-6)7(8)9(11)12/h2-3,5-8H,4H2,1H3/t5-,6+,7-,8+/m0/s1. The van der Waals surface area contributed by atoms with Crippen molar-refractivity contribution in [3.05, 3.63) is 12.2 Å². The van der Waals surface area contributed by atoms with E-state index >= 15 is 0 Å². The largest absolute Gasteiger partial charge is 0.469 e. The molecule has 0 saturated heterocycles. The number of halogens is 1. The second-order valence-electron chi connectivity index (χ2n) is 3.83. The molecule has 76 valence electrons.